The summed E-state index contributed by atoms with van der Waals surface area (Å²) >= 11 is 1.45. The van der Waals surface area contributed by atoms with Crippen molar-refractivity contribution >= 4 is 17.4 Å². The van der Waals surface area contributed by atoms with Crippen LogP contribution in [0.3, 0.4) is 0 Å². The monoisotopic (exact) mass is 329 g/mol. The fourth-order valence-corrected chi connectivity index (χ4v) is 3.27. The molecule has 1 aromatic heterocycles. The number of anilines is 1. The summed E-state index contributed by atoms with van der Waals surface area (Å²) in [4.78, 5) is 2.31. The summed E-state index contributed by atoms with van der Waals surface area (Å²) in [6.45, 7) is 11.0. The Morgan fingerprint density at radius 1 is 1.17 bits per heavy atom. The Morgan fingerprint density at radius 3 is 2.35 bits per heavy atom. The van der Waals surface area contributed by atoms with E-state index in [0.717, 1.165) is 36.2 Å². The molecule has 0 unspecified atom stereocenters. The predicted octanol–water partition coefficient (Wildman–Crippen LogP) is 3.82. The van der Waals surface area contributed by atoms with Crippen molar-refractivity contribution in [2.45, 2.75) is 44.6 Å². The third-order valence-corrected chi connectivity index (χ3v) is 4.72. The van der Waals surface area contributed by atoms with Gasteiger partial charge in [-0.15, -0.1) is 10.2 Å². The SMILES string of the molecule is CCN(CC)c1ccc(-c2nnc(S[C@H](C)C#N)n2CC)cc1. The lowest BCUT2D eigenvalue weighted by Gasteiger charge is -2.21. The van der Waals surface area contributed by atoms with Gasteiger partial charge in [-0.05, 0) is 52.0 Å². The fourth-order valence-electron chi connectivity index (χ4n) is 2.47. The lowest BCUT2D eigenvalue weighted by molar-refractivity contribution is 0.686. The van der Waals surface area contributed by atoms with Crippen LogP contribution in [0.15, 0.2) is 29.4 Å². The van der Waals surface area contributed by atoms with Crippen molar-refractivity contribution in [3.05, 3.63) is 24.3 Å². The van der Waals surface area contributed by atoms with Crippen LogP contribution in [0.4, 0.5) is 5.69 Å². The molecule has 0 saturated carbocycles. The van der Waals surface area contributed by atoms with E-state index in [0.29, 0.717) is 0 Å². The molecular weight excluding hydrogens is 306 g/mol. The highest BCUT2D eigenvalue weighted by molar-refractivity contribution is 8.00. The molecule has 122 valence electrons. The number of aromatic nitrogens is 3. The zero-order valence-electron chi connectivity index (χ0n) is 14.2. The Morgan fingerprint density at radius 2 is 1.83 bits per heavy atom. The largest absolute Gasteiger partial charge is 0.372 e. The van der Waals surface area contributed by atoms with Crippen LogP contribution >= 0.6 is 11.8 Å². The third kappa shape index (κ3) is 3.85. The molecule has 0 fully saturated rings. The van der Waals surface area contributed by atoms with Crippen molar-refractivity contribution in [1.29, 1.82) is 5.26 Å². The van der Waals surface area contributed by atoms with E-state index in [4.69, 9.17) is 5.26 Å². The molecular formula is C17H23N5S. The van der Waals surface area contributed by atoms with Crippen LogP contribution in [0, 0.1) is 11.3 Å². The van der Waals surface area contributed by atoms with E-state index >= 15 is 0 Å². The molecule has 0 N–H and O–H groups in total. The van der Waals surface area contributed by atoms with Crippen molar-refractivity contribution < 1.29 is 0 Å². The first kappa shape index (κ1) is 17.4. The molecule has 0 spiro atoms. The highest BCUT2D eigenvalue weighted by atomic mass is 32.2. The number of hydrogen-bond acceptors (Lipinski definition) is 5. The van der Waals surface area contributed by atoms with E-state index in [1.165, 1.54) is 17.4 Å². The summed E-state index contributed by atoms with van der Waals surface area (Å²) in [7, 11) is 0. The molecule has 2 rings (SSSR count). The number of nitriles is 1. The first-order chi connectivity index (χ1) is 11.1. The molecule has 23 heavy (non-hydrogen) atoms. The lowest BCUT2D eigenvalue weighted by atomic mass is 10.2. The summed E-state index contributed by atoms with van der Waals surface area (Å²) in [5, 5.41) is 18.2. The molecule has 2 aromatic rings. The topological polar surface area (TPSA) is 57.7 Å². The first-order valence-corrected chi connectivity index (χ1v) is 8.87. The zero-order valence-corrected chi connectivity index (χ0v) is 15.0. The predicted molar refractivity (Wildman–Crippen MR) is 95.6 cm³/mol. The van der Waals surface area contributed by atoms with Crippen LogP contribution in [0.25, 0.3) is 11.4 Å². The molecule has 5 nitrogen and oxygen atoms in total. The summed E-state index contributed by atoms with van der Waals surface area (Å²) in [5.74, 6) is 0.853. The average molecular weight is 329 g/mol. The molecule has 6 heteroatoms. The number of rotatable bonds is 7. The molecule has 0 aliphatic heterocycles. The van der Waals surface area contributed by atoms with Gasteiger partial charge in [0, 0.05) is 30.9 Å². The normalized spacial score (nSPS) is 12.0. The van der Waals surface area contributed by atoms with Crippen molar-refractivity contribution in [2.24, 2.45) is 0 Å². The molecule has 1 atom stereocenters. The van der Waals surface area contributed by atoms with Gasteiger partial charge in [-0.1, -0.05) is 11.8 Å². The molecule has 0 bridgehead atoms. The molecule has 0 saturated heterocycles. The highest BCUT2D eigenvalue weighted by Crippen LogP contribution is 2.27. The fraction of sp³-hybridized carbons (Fsp3) is 0.471. The van der Waals surface area contributed by atoms with E-state index in [1.807, 2.05) is 6.92 Å². The molecule has 0 radical (unpaired) electrons. The maximum absolute atomic E-state index is 8.98. The second kappa shape index (κ2) is 8.02. The maximum atomic E-state index is 8.98. The minimum Gasteiger partial charge on any atom is -0.372 e. The van der Waals surface area contributed by atoms with Gasteiger partial charge >= 0.3 is 0 Å². The van der Waals surface area contributed by atoms with Gasteiger partial charge < -0.3 is 9.47 Å². The summed E-state index contributed by atoms with van der Waals surface area (Å²) < 4.78 is 2.06. The average Bonchev–Trinajstić information content (AvgIpc) is 2.99. The van der Waals surface area contributed by atoms with Crippen molar-refractivity contribution in [3.8, 4) is 17.5 Å². The minimum atomic E-state index is -0.137. The lowest BCUT2D eigenvalue weighted by Crippen LogP contribution is -2.21. The smallest absolute Gasteiger partial charge is 0.192 e. The van der Waals surface area contributed by atoms with Gasteiger partial charge in [0.25, 0.3) is 0 Å². The number of hydrogen-bond donors (Lipinski definition) is 0. The van der Waals surface area contributed by atoms with Crippen LogP contribution in [-0.2, 0) is 6.54 Å². The van der Waals surface area contributed by atoms with Gasteiger partial charge in [0.15, 0.2) is 11.0 Å². The van der Waals surface area contributed by atoms with E-state index < -0.39 is 0 Å². The Labute approximate surface area is 142 Å². The Kier molecular flexibility index (Phi) is 6.05. The molecule has 0 aliphatic rings. The number of thioether (sulfide) groups is 1. The Balaban J connectivity index is 2.30. The van der Waals surface area contributed by atoms with Crippen LogP contribution in [-0.4, -0.2) is 33.1 Å². The number of benzene rings is 1. The number of nitrogens with zero attached hydrogens (tertiary/aromatic N) is 5. The van der Waals surface area contributed by atoms with E-state index in [9.17, 15) is 0 Å². The summed E-state index contributed by atoms with van der Waals surface area (Å²) in [6.07, 6.45) is 0. The minimum absolute atomic E-state index is 0.137. The maximum Gasteiger partial charge on any atom is 0.192 e. The second-order valence-corrected chi connectivity index (χ2v) is 6.47. The van der Waals surface area contributed by atoms with Crippen LogP contribution in [0.1, 0.15) is 27.7 Å². The van der Waals surface area contributed by atoms with Gasteiger partial charge in [0.2, 0.25) is 0 Å². The van der Waals surface area contributed by atoms with Crippen LogP contribution < -0.4 is 4.90 Å². The summed E-state index contributed by atoms with van der Waals surface area (Å²) in [5.41, 5.74) is 2.26. The highest BCUT2D eigenvalue weighted by Gasteiger charge is 2.15. The van der Waals surface area contributed by atoms with Crippen molar-refractivity contribution in [2.75, 3.05) is 18.0 Å². The molecule has 1 heterocycles. The first-order valence-electron chi connectivity index (χ1n) is 7.99. The van der Waals surface area contributed by atoms with Gasteiger partial charge in [-0.25, -0.2) is 0 Å². The van der Waals surface area contributed by atoms with Crippen LogP contribution in [0.5, 0.6) is 0 Å². The van der Waals surface area contributed by atoms with Crippen molar-refractivity contribution in [3.63, 3.8) is 0 Å². The van der Waals surface area contributed by atoms with Gasteiger partial charge in [0.1, 0.15) is 0 Å². The zero-order chi connectivity index (χ0) is 16.8. The molecule has 0 aliphatic carbocycles. The van der Waals surface area contributed by atoms with Gasteiger partial charge in [-0.2, -0.15) is 5.26 Å². The summed E-state index contributed by atoms with van der Waals surface area (Å²) in [6, 6.07) is 10.7. The second-order valence-electron chi connectivity index (χ2n) is 5.16. The van der Waals surface area contributed by atoms with E-state index in [1.54, 1.807) is 0 Å². The van der Waals surface area contributed by atoms with E-state index in [-0.39, 0.29) is 5.25 Å². The Hall–Kier alpha value is -2.00. The molecule has 0 amide bonds. The Bertz CT molecular complexity index is 667. The molecule has 1 aromatic carbocycles. The van der Waals surface area contributed by atoms with Crippen LogP contribution in [0.2, 0.25) is 0 Å². The van der Waals surface area contributed by atoms with E-state index in [2.05, 4.69) is 70.8 Å². The van der Waals surface area contributed by atoms with Gasteiger partial charge in [-0.3, -0.25) is 0 Å². The standard InChI is InChI=1S/C17H23N5S/c1-5-21(6-2)15-10-8-14(9-11-15)16-19-20-17(22(16)7-3)23-13(4)12-18/h8-11,13H,5-7H2,1-4H3/t13-/m1/s1. The van der Waals surface area contributed by atoms with Crippen molar-refractivity contribution in [1.82, 2.24) is 14.8 Å². The quantitative estimate of drug-likeness (QED) is 0.723. The van der Waals surface area contributed by atoms with Gasteiger partial charge in [0.05, 0.1) is 11.3 Å². The third-order valence-electron chi connectivity index (χ3n) is 3.75.